The van der Waals surface area contributed by atoms with Crippen LogP contribution in [0.3, 0.4) is 0 Å². The van der Waals surface area contributed by atoms with E-state index in [1.165, 1.54) is 12.1 Å². The molecule has 0 aliphatic heterocycles. The molecule has 3 N–H and O–H groups in total. The minimum absolute atomic E-state index is 0.162. The van der Waals surface area contributed by atoms with Crippen molar-refractivity contribution in [2.24, 2.45) is 11.7 Å². The van der Waals surface area contributed by atoms with E-state index in [1.807, 2.05) is 13.8 Å². The number of benzene rings is 1. The van der Waals surface area contributed by atoms with Crippen LogP contribution in [0.25, 0.3) is 0 Å². The number of amides is 1. The molecule has 0 saturated carbocycles. The lowest BCUT2D eigenvalue weighted by Gasteiger charge is -2.14. The lowest BCUT2D eigenvalue weighted by molar-refractivity contribution is -0.117. The summed E-state index contributed by atoms with van der Waals surface area (Å²) in [5.74, 6) is -0.425. The maximum absolute atomic E-state index is 12.8. The van der Waals surface area contributed by atoms with Crippen LogP contribution in [-0.4, -0.2) is 11.9 Å². The molecule has 17 heavy (non-hydrogen) atoms. The largest absolute Gasteiger partial charge is 0.323 e. The molecule has 1 amide bonds. The van der Waals surface area contributed by atoms with E-state index in [0.29, 0.717) is 18.0 Å². The minimum atomic E-state index is -0.587. The fraction of sp³-hybridized carbons (Fsp3) is 0.417. The van der Waals surface area contributed by atoms with Gasteiger partial charge in [-0.2, -0.15) is 0 Å². The fourth-order valence-electron chi connectivity index (χ4n) is 1.43. The van der Waals surface area contributed by atoms with Crippen molar-refractivity contribution < 1.29 is 9.18 Å². The third-order valence-corrected chi connectivity index (χ3v) is 2.56. The van der Waals surface area contributed by atoms with Crippen LogP contribution in [-0.2, 0) is 4.79 Å². The first-order valence-corrected chi connectivity index (χ1v) is 5.79. The predicted octanol–water partition coefficient (Wildman–Crippen LogP) is 2.79. The molecule has 1 rings (SSSR count). The Morgan fingerprint density at radius 2 is 2.18 bits per heavy atom. The van der Waals surface area contributed by atoms with Crippen LogP contribution in [0.1, 0.15) is 20.3 Å². The van der Waals surface area contributed by atoms with Gasteiger partial charge in [0.25, 0.3) is 0 Å². The van der Waals surface area contributed by atoms with E-state index in [4.69, 9.17) is 17.3 Å². The zero-order valence-corrected chi connectivity index (χ0v) is 10.6. The number of nitrogens with two attached hydrogens (primary N) is 1. The van der Waals surface area contributed by atoms with Crippen molar-refractivity contribution in [1.29, 1.82) is 0 Å². The molecule has 0 fully saturated rings. The number of hydrogen-bond donors (Lipinski definition) is 2. The molecule has 1 aromatic rings. The summed E-state index contributed by atoms with van der Waals surface area (Å²) in [4.78, 5) is 11.7. The van der Waals surface area contributed by atoms with Gasteiger partial charge in [0, 0.05) is 0 Å². The zero-order valence-electron chi connectivity index (χ0n) is 9.84. The molecule has 1 aromatic carbocycles. The number of halogens is 2. The molecule has 0 aromatic heterocycles. The summed E-state index contributed by atoms with van der Waals surface area (Å²) < 4.78 is 12.8. The standard InChI is InChI=1S/C12H16ClFN2O/c1-7(2)5-10(15)12(17)16-11-4-3-8(14)6-9(11)13/h3-4,6-7,10H,5,15H2,1-2H3,(H,16,17)/t10-/m0/s1. The normalized spacial score (nSPS) is 12.6. The molecule has 0 saturated heterocycles. The van der Waals surface area contributed by atoms with Crippen molar-refractivity contribution in [2.45, 2.75) is 26.3 Å². The van der Waals surface area contributed by atoms with Crippen molar-refractivity contribution in [3.8, 4) is 0 Å². The summed E-state index contributed by atoms with van der Waals surface area (Å²) in [7, 11) is 0. The minimum Gasteiger partial charge on any atom is -0.323 e. The Kier molecular flexibility index (Phi) is 4.90. The molecule has 0 unspecified atom stereocenters. The van der Waals surface area contributed by atoms with Gasteiger partial charge in [0.05, 0.1) is 16.8 Å². The fourth-order valence-corrected chi connectivity index (χ4v) is 1.65. The molecule has 0 aliphatic rings. The van der Waals surface area contributed by atoms with Crippen LogP contribution in [0.2, 0.25) is 5.02 Å². The molecular weight excluding hydrogens is 243 g/mol. The highest BCUT2D eigenvalue weighted by atomic mass is 35.5. The number of hydrogen-bond acceptors (Lipinski definition) is 2. The SMILES string of the molecule is CC(C)C[C@H](N)C(=O)Nc1ccc(F)cc1Cl. The van der Waals surface area contributed by atoms with Gasteiger partial charge < -0.3 is 11.1 Å². The van der Waals surface area contributed by atoms with Gasteiger partial charge in [-0.25, -0.2) is 4.39 Å². The summed E-state index contributed by atoms with van der Waals surface area (Å²) in [6.07, 6.45) is 0.588. The Hall–Kier alpha value is -1.13. The smallest absolute Gasteiger partial charge is 0.241 e. The van der Waals surface area contributed by atoms with E-state index in [9.17, 15) is 9.18 Å². The molecule has 0 bridgehead atoms. The van der Waals surface area contributed by atoms with Crippen LogP contribution in [0.15, 0.2) is 18.2 Å². The second-order valence-corrected chi connectivity index (χ2v) is 4.76. The number of nitrogens with one attached hydrogen (secondary N) is 1. The molecule has 0 spiro atoms. The Labute approximate surface area is 105 Å². The highest BCUT2D eigenvalue weighted by Crippen LogP contribution is 2.22. The lowest BCUT2D eigenvalue weighted by Crippen LogP contribution is -2.36. The zero-order chi connectivity index (χ0) is 13.0. The van der Waals surface area contributed by atoms with Crippen LogP contribution >= 0.6 is 11.6 Å². The van der Waals surface area contributed by atoms with Gasteiger partial charge in [-0.15, -0.1) is 0 Å². The molecule has 0 aliphatic carbocycles. The van der Waals surface area contributed by atoms with Crippen molar-refractivity contribution in [2.75, 3.05) is 5.32 Å². The predicted molar refractivity (Wildman–Crippen MR) is 67.5 cm³/mol. The van der Waals surface area contributed by atoms with Gasteiger partial charge in [0.1, 0.15) is 5.82 Å². The summed E-state index contributed by atoms with van der Waals surface area (Å²) in [5.41, 5.74) is 6.09. The molecule has 0 radical (unpaired) electrons. The van der Waals surface area contributed by atoms with Crippen molar-refractivity contribution in [3.63, 3.8) is 0 Å². The van der Waals surface area contributed by atoms with Crippen LogP contribution in [0, 0.1) is 11.7 Å². The number of carbonyl (C=O) groups is 1. The molecule has 5 heteroatoms. The summed E-state index contributed by atoms with van der Waals surface area (Å²) in [6.45, 7) is 3.97. The molecule has 0 heterocycles. The maximum atomic E-state index is 12.8. The highest BCUT2D eigenvalue weighted by Gasteiger charge is 2.16. The average molecular weight is 259 g/mol. The Bertz CT molecular complexity index is 409. The first-order valence-electron chi connectivity index (χ1n) is 5.41. The number of anilines is 1. The van der Waals surface area contributed by atoms with Gasteiger partial charge in [0.15, 0.2) is 0 Å². The van der Waals surface area contributed by atoms with Crippen molar-refractivity contribution in [3.05, 3.63) is 29.0 Å². The van der Waals surface area contributed by atoms with Crippen LogP contribution in [0.4, 0.5) is 10.1 Å². The Morgan fingerprint density at radius 1 is 1.53 bits per heavy atom. The summed E-state index contributed by atoms with van der Waals surface area (Å²) in [5, 5.41) is 2.74. The lowest BCUT2D eigenvalue weighted by atomic mass is 10.0. The van der Waals surface area contributed by atoms with E-state index < -0.39 is 11.9 Å². The van der Waals surface area contributed by atoms with Gasteiger partial charge in [0.2, 0.25) is 5.91 Å². The number of carbonyl (C=O) groups excluding carboxylic acids is 1. The van der Waals surface area contributed by atoms with Gasteiger partial charge in [-0.3, -0.25) is 4.79 Å². The van der Waals surface area contributed by atoms with Crippen molar-refractivity contribution >= 4 is 23.2 Å². The first kappa shape index (κ1) is 13.9. The Morgan fingerprint density at radius 3 is 2.71 bits per heavy atom. The van der Waals surface area contributed by atoms with Gasteiger partial charge in [-0.05, 0) is 30.5 Å². The van der Waals surface area contributed by atoms with E-state index >= 15 is 0 Å². The molecular formula is C12H16ClFN2O. The second kappa shape index (κ2) is 5.98. The molecule has 94 valence electrons. The van der Waals surface area contributed by atoms with E-state index in [0.717, 1.165) is 6.07 Å². The van der Waals surface area contributed by atoms with E-state index in [1.54, 1.807) is 0 Å². The molecule has 1 atom stereocenters. The average Bonchev–Trinajstić information content (AvgIpc) is 2.21. The highest BCUT2D eigenvalue weighted by molar-refractivity contribution is 6.33. The van der Waals surface area contributed by atoms with Gasteiger partial charge >= 0.3 is 0 Å². The first-order chi connectivity index (χ1) is 7.90. The summed E-state index contributed by atoms with van der Waals surface area (Å²) >= 11 is 5.79. The van der Waals surface area contributed by atoms with E-state index in [-0.39, 0.29) is 10.9 Å². The van der Waals surface area contributed by atoms with E-state index in [2.05, 4.69) is 5.32 Å². The third kappa shape index (κ3) is 4.32. The monoisotopic (exact) mass is 258 g/mol. The number of rotatable bonds is 4. The quantitative estimate of drug-likeness (QED) is 0.873. The molecule has 3 nitrogen and oxygen atoms in total. The third-order valence-electron chi connectivity index (χ3n) is 2.25. The Balaban J connectivity index is 2.67. The topological polar surface area (TPSA) is 55.1 Å². The van der Waals surface area contributed by atoms with Gasteiger partial charge in [-0.1, -0.05) is 25.4 Å². The van der Waals surface area contributed by atoms with Crippen molar-refractivity contribution in [1.82, 2.24) is 0 Å². The summed E-state index contributed by atoms with van der Waals surface area (Å²) in [6, 6.07) is 3.20. The van der Waals surface area contributed by atoms with Crippen LogP contribution in [0.5, 0.6) is 0 Å². The second-order valence-electron chi connectivity index (χ2n) is 4.35. The maximum Gasteiger partial charge on any atom is 0.241 e. The van der Waals surface area contributed by atoms with Crippen LogP contribution < -0.4 is 11.1 Å².